The number of likely N-dealkylation sites (tertiary alicyclic amines) is 1. The summed E-state index contributed by atoms with van der Waals surface area (Å²) in [4.78, 5) is 30.9. The zero-order valence-corrected chi connectivity index (χ0v) is 19.0. The molecule has 1 N–H and O–H groups in total. The van der Waals surface area contributed by atoms with Crippen molar-refractivity contribution in [3.63, 3.8) is 0 Å². The van der Waals surface area contributed by atoms with Crippen molar-refractivity contribution in [2.24, 2.45) is 5.92 Å². The van der Waals surface area contributed by atoms with Crippen LogP contribution in [0.2, 0.25) is 0 Å². The highest BCUT2D eigenvalue weighted by Crippen LogP contribution is 2.19. The fourth-order valence-corrected chi connectivity index (χ4v) is 3.72. The first kappa shape index (κ1) is 23.3. The van der Waals surface area contributed by atoms with E-state index in [0.717, 1.165) is 24.1 Å². The highest BCUT2D eigenvalue weighted by atomic mass is 16.6. The summed E-state index contributed by atoms with van der Waals surface area (Å²) in [6, 6.07) is 9.59. The second-order valence-corrected chi connectivity index (χ2v) is 9.13. The van der Waals surface area contributed by atoms with Crippen LogP contribution in [0, 0.1) is 17.2 Å². The first-order valence-electron chi connectivity index (χ1n) is 11.0. The summed E-state index contributed by atoms with van der Waals surface area (Å²) in [5.74, 6) is -0.253. The lowest BCUT2D eigenvalue weighted by Crippen LogP contribution is -2.47. The average molecular weight is 438 g/mol. The topological polar surface area (TPSA) is 100 Å². The summed E-state index contributed by atoms with van der Waals surface area (Å²) in [6.07, 6.45) is 5.43. The van der Waals surface area contributed by atoms with Gasteiger partial charge in [-0.3, -0.25) is 4.79 Å². The lowest BCUT2D eigenvalue weighted by Gasteiger charge is -2.33. The molecule has 0 unspecified atom stereocenters. The molecule has 2 amide bonds. The quantitative estimate of drug-likeness (QED) is 0.748. The Morgan fingerprint density at radius 1 is 1.28 bits per heavy atom. The van der Waals surface area contributed by atoms with E-state index in [0.29, 0.717) is 38.2 Å². The summed E-state index contributed by atoms with van der Waals surface area (Å²) < 4.78 is 7.48. The van der Waals surface area contributed by atoms with Gasteiger partial charge in [-0.25, -0.2) is 9.78 Å². The molecule has 1 aromatic carbocycles. The number of carbonyl (C=O) groups excluding carboxylic acids is 2. The molecule has 8 heteroatoms. The molecule has 2 aromatic rings. The van der Waals surface area contributed by atoms with Crippen LogP contribution in [0.3, 0.4) is 0 Å². The summed E-state index contributed by atoms with van der Waals surface area (Å²) in [6.45, 7) is 7.68. The van der Waals surface area contributed by atoms with Crippen LogP contribution in [-0.2, 0) is 22.5 Å². The van der Waals surface area contributed by atoms with Crippen molar-refractivity contribution in [2.45, 2.75) is 52.2 Å². The molecule has 2 heterocycles. The number of hydrogen-bond donors (Lipinski definition) is 1. The minimum Gasteiger partial charge on any atom is -0.444 e. The molecule has 0 radical (unpaired) electrons. The van der Waals surface area contributed by atoms with Gasteiger partial charge in [0, 0.05) is 44.5 Å². The minimum absolute atomic E-state index is 0.0311. The molecule has 1 aliphatic rings. The third-order valence-electron chi connectivity index (χ3n) is 5.36. The fraction of sp³-hybridized carbons (Fsp3) is 0.500. The van der Waals surface area contributed by atoms with Crippen LogP contribution >= 0.6 is 0 Å². The van der Waals surface area contributed by atoms with E-state index in [-0.39, 0.29) is 17.9 Å². The molecular formula is C24H31N5O3. The molecular weight excluding hydrogens is 406 g/mol. The summed E-state index contributed by atoms with van der Waals surface area (Å²) >= 11 is 0. The molecule has 1 aliphatic heterocycles. The number of benzene rings is 1. The van der Waals surface area contributed by atoms with Crippen molar-refractivity contribution >= 4 is 12.0 Å². The van der Waals surface area contributed by atoms with Crippen molar-refractivity contribution in [1.82, 2.24) is 19.8 Å². The van der Waals surface area contributed by atoms with Gasteiger partial charge in [0.25, 0.3) is 0 Å². The second-order valence-electron chi connectivity index (χ2n) is 9.13. The smallest absolute Gasteiger partial charge is 0.410 e. The van der Waals surface area contributed by atoms with Crippen LogP contribution < -0.4 is 5.32 Å². The molecule has 32 heavy (non-hydrogen) atoms. The van der Waals surface area contributed by atoms with E-state index in [1.54, 1.807) is 29.6 Å². The number of nitrogens with one attached hydrogen (secondary N) is 1. The molecule has 1 aromatic heterocycles. The number of rotatable bonds is 6. The van der Waals surface area contributed by atoms with Gasteiger partial charge >= 0.3 is 6.09 Å². The van der Waals surface area contributed by atoms with Crippen LogP contribution in [0.4, 0.5) is 4.79 Å². The number of nitriles is 1. The van der Waals surface area contributed by atoms with E-state index in [1.807, 2.05) is 37.5 Å². The van der Waals surface area contributed by atoms with Gasteiger partial charge in [-0.1, -0.05) is 12.1 Å². The minimum atomic E-state index is -0.549. The van der Waals surface area contributed by atoms with Gasteiger partial charge in [-0.2, -0.15) is 5.26 Å². The molecule has 1 atom stereocenters. The van der Waals surface area contributed by atoms with E-state index in [2.05, 4.69) is 16.4 Å². The van der Waals surface area contributed by atoms with Gasteiger partial charge in [0.15, 0.2) is 0 Å². The normalized spacial score (nSPS) is 16.3. The molecule has 8 nitrogen and oxygen atoms in total. The van der Waals surface area contributed by atoms with E-state index < -0.39 is 5.60 Å². The lowest BCUT2D eigenvalue weighted by atomic mass is 9.97. The third-order valence-corrected chi connectivity index (χ3v) is 5.36. The zero-order valence-electron chi connectivity index (χ0n) is 19.0. The Kier molecular flexibility index (Phi) is 7.52. The maximum atomic E-state index is 12.7. The van der Waals surface area contributed by atoms with Crippen LogP contribution in [0.25, 0.3) is 0 Å². The summed E-state index contributed by atoms with van der Waals surface area (Å²) in [5, 5.41) is 11.9. The number of nitrogens with zero attached hydrogens (tertiary/aromatic N) is 4. The Labute approximate surface area is 189 Å². The number of carbonyl (C=O) groups is 2. The monoisotopic (exact) mass is 437 g/mol. The summed E-state index contributed by atoms with van der Waals surface area (Å²) in [7, 11) is 0. The van der Waals surface area contributed by atoms with Crippen molar-refractivity contribution in [3.8, 4) is 6.07 Å². The number of ether oxygens (including phenoxy) is 1. The fourth-order valence-electron chi connectivity index (χ4n) is 3.72. The van der Waals surface area contributed by atoms with Gasteiger partial charge in [0.1, 0.15) is 5.60 Å². The molecule has 0 bridgehead atoms. The average Bonchev–Trinajstić information content (AvgIpc) is 3.20. The SMILES string of the molecule is CC(C)(C)OC(=O)N1CCC[C@H](C(=O)NCCc2cncn2Cc2ccc(C#N)cc2)C1. The zero-order chi connectivity index (χ0) is 23.1. The third kappa shape index (κ3) is 6.58. The van der Waals surface area contributed by atoms with E-state index in [1.165, 1.54) is 0 Å². The Hall–Kier alpha value is -3.34. The van der Waals surface area contributed by atoms with Crippen LogP contribution in [-0.4, -0.2) is 51.7 Å². The summed E-state index contributed by atoms with van der Waals surface area (Å²) in [5.41, 5.74) is 2.19. The number of piperidine rings is 1. The highest BCUT2D eigenvalue weighted by Gasteiger charge is 2.30. The molecule has 0 aliphatic carbocycles. The lowest BCUT2D eigenvalue weighted by molar-refractivity contribution is -0.126. The van der Waals surface area contributed by atoms with Crippen LogP contribution in [0.15, 0.2) is 36.8 Å². The standard InChI is InChI=1S/C24H31N5O3/c1-24(2,3)32-23(31)28-12-4-5-20(16-28)22(30)27-11-10-21-14-26-17-29(21)15-19-8-6-18(13-25)7-9-19/h6-9,14,17,20H,4-5,10-12,15-16H2,1-3H3,(H,27,30)/t20-/m0/s1. The van der Waals surface area contributed by atoms with Gasteiger partial charge in [-0.15, -0.1) is 0 Å². The highest BCUT2D eigenvalue weighted by molar-refractivity contribution is 5.80. The van der Waals surface area contributed by atoms with Gasteiger partial charge < -0.3 is 19.5 Å². The Morgan fingerprint density at radius 2 is 2.03 bits per heavy atom. The van der Waals surface area contributed by atoms with Gasteiger partial charge in [-0.05, 0) is 51.3 Å². The molecule has 1 saturated heterocycles. The van der Waals surface area contributed by atoms with Crippen LogP contribution in [0.5, 0.6) is 0 Å². The Bertz CT molecular complexity index is 969. The van der Waals surface area contributed by atoms with E-state index in [9.17, 15) is 9.59 Å². The molecule has 3 rings (SSSR count). The van der Waals surface area contributed by atoms with Crippen molar-refractivity contribution in [2.75, 3.05) is 19.6 Å². The molecule has 170 valence electrons. The predicted octanol–water partition coefficient (Wildman–Crippen LogP) is 3.11. The number of amides is 2. The van der Waals surface area contributed by atoms with E-state index in [4.69, 9.17) is 10.00 Å². The Morgan fingerprint density at radius 3 is 2.72 bits per heavy atom. The number of hydrogen-bond acceptors (Lipinski definition) is 5. The second kappa shape index (κ2) is 10.3. The van der Waals surface area contributed by atoms with Crippen molar-refractivity contribution in [3.05, 3.63) is 53.6 Å². The first-order chi connectivity index (χ1) is 15.2. The predicted molar refractivity (Wildman–Crippen MR) is 120 cm³/mol. The largest absolute Gasteiger partial charge is 0.444 e. The maximum Gasteiger partial charge on any atom is 0.410 e. The molecule has 0 spiro atoms. The van der Waals surface area contributed by atoms with Gasteiger partial charge in [0.2, 0.25) is 5.91 Å². The van der Waals surface area contributed by atoms with Crippen molar-refractivity contribution < 1.29 is 14.3 Å². The number of aromatic nitrogens is 2. The Balaban J connectivity index is 1.48. The molecule has 1 fully saturated rings. The first-order valence-corrected chi connectivity index (χ1v) is 11.0. The number of imidazole rings is 1. The van der Waals surface area contributed by atoms with Gasteiger partial charge in [0.05, 0.1) is 23.9 Å². The van der Waals surface area contributed by atoms with Crippen molar-refractivity contribution in [1.29, 1.82) is 5.26 Å². The van der Waals surface area contributed by atoms with E-state index >= 15 is 0 Å². The maximum absolute atomic E-state index is 12.7. The van der Waals surface area contributed by atoms with Crippen LogP contribution in [0.1, 0.15) is 50.4 Å². The molecule has 0 saturated carbocycles.